The number of carbonyl (C=O) groups excluding carboxylic acids is 1. The van der Waals surface area contributed by atoms with Gasteiger partial charge >= 0.3 is 6.03 Å². The van der Waals surface area contributed by atoms with Crippen LogP contribution in [-0.2, 0) is 0 Å². The summed E-state index contributed by atoms with van der Waals surface area (Å²) in [6.45, 7) is 0.631. The average Bonchev–Trinajstić information content (AvgIpc) is 2.56. The predicted octanol–water partition coefficient (Wildman–Crippen LogP) is 3.70. The van der Waals surface area contributed by atoms with Crippen molar-refractivity contribution in [3.8, 4) is 5.75 Å². The zero-order valence-corrected chi connectivity index (χ0v) is 13.3. The Morgan fingerprint density at radius 3 is 2.74 bits per heavy atom. The summed E-state index contributed by atoms with van der Waals surface area (Å²) in [7, 11) is 1.41. The Bertz CT molecular complexity index is 556. The number of methoxy groups -OCH3 is 1. The van der Waals surface area contributed by atoms with E-state index in [2.05, 4.69) is 10.6 Å². The second-order valence-electron chi connectivity index (χ2n) is 5.82. The van der Waals surface area contributed by atoms with Gasteiger partial charge in [0.1, 0.15) is 5.75 Å². The van der Waals surface area contributed by atoms with Crippen molar-refractivity contribution < 1.29 is 14.5 Å². The molecule has 0 atom stereocenters. The van der Waals surface area contributed by atoms with Gasteiger partial charge in [0.2, 0.25) is 0 Å². The van der Waals surface area contributed by atoms with Crippen LogP contribution >= 0.6 is 0 Å². The Balaban J connectivity index is 1.83. The first-order valence-corrected chi connectivity index (χ1v) is 7.97. The van der Waals surface area contributed by atoms with Gasteiger partial charge in [0.05, 0.1) is 23.8 Å². The van der Waals surface area contributed by atoms with Crippen LogP contribution in [-0.4, -0.2) is 24.6 Å². The summed E-state index contributed by atoms with van der Waals surface area (Å²) in [6, 6.07) is 3.77. The van der Waals surface area contributed by atoms with Crippen LogP contribution in [0.1, 0.15) is 38.5 Å². The van der Waals surface area contributed by atoms with E-state index in [1.165, 1.54) is 57.4 Å². The molecule has 0 saturated heterocycles. The zero-order chi connectivity index (χ0) is 16.7. The Labute approximate surface area is 135 Å². The number of hydrogen-bond donors (Lipinski definition) is 2. The molecule has 126 valence electrons. The van der Waals surface area contributed by atoms with E-state index in [9.17, 15) is 14.9 Å². The lowest BCUT2D eigenvalue weighted by atomic mass is 9.87. The van der Waals surface area contributed by atoms with Gasteiger partial charge in [0.15, 0.2) is 0 Å². The Morgan fingerprint density at radius 2 is 2.09 bits per heavy atom. The molecule has 1 aliphatic carbocycles. The number of ether oxygens (including phenoxy) is 1. The van der Waals surface area contributed by atoms with E-state index in [1.807, 2.05) is 0 Å². The van der Waals surface area contributed by atoms with Gasteiger partial charge in [-0.05, 0) is 18.4 Å². The van der Waals surface area contributed by atoms with Crippen molar-refractivity contribution in [1.29, 1.82) is 0 Å². The molecule has 0 spiro atoms. The maximum Gasteiger partial charge on any atom is 0.319 e. The lowest BCUT2D eigenvalue weighted by molar-refractivity contribution is -0.384. The van der Waals surface area contributed by atoms with Gasteiger partial charge in [-0.1, -0.05) is 32.1 Å². The van der Waals surface area contributed by atoms with E-state index in [0.29, 0.717) is 18.2 Å². The van der Waals surface area contributed by atoms with E-state index < -0.39 is 4.92 Å². The molecule has 0 bridgehead atoms. The van der Waals surface area contributed by atoms with Crippen LogP contribution in [0, 0.1) is 16.0 Å². The van der Waals surface area contributed by atoms with Crippen molar-refractivity contribution in [3.63, 3.8) is 0 Å². The van der Waals surface area contributed by atoms with E-state index in [1.54, 1.807) is 0 Å². The largest absolute Gasteiger partial charge is 0.494 e. The highest BCUT2D eigenvalue weighted by atomic mass is 16.6. The third kappa shape index (κ3) is 5.12. The molecule has 0 heterocycles. The summed E-state index contributed by atoms with van der Waals surface area (Å²) in [5, 5.41) is 16.2. The van der Waals surface area contributed by atoms with Crippen molar-refractivity contribution in [2.75, 3.05) is 19.0 Å². The number of non-ortho nitro benzene ring substituents is 1. The first-order valence-electron chi connectivity index (χ1n) is 7.97. The minimum absolute atomic E-state index is 0.0786. The number of rotatable bonds is 6. The standard InChI is InChI=1S/C16H23N3O4/c1-23-15-11-13(19(21)22)7-8-14(15)18-16(20)17-10-9-12-5-3-2-4-6-12/h7-8,11-12H,2-6,9-10H2,1H3,(H2,17,18,20). The van der Waals surface area contributed by atoms with Crippen LogP contribution in [0.3, 0.4) is 0 Å². The van der Waals surface area contributed by atoms with Gasteiger partial charge in [-0.2, -0.15) is 0 Å². The molecule has 0 unspecified atom stereocenters. The molecule has 1 fully saturated rings. The first-order chi connectivity index (χ1) is 11.1. The molecule has 1 aromatic rings. The topological polar surface area (TPSA) is 93.5 Å². The van der Waals surface area contributed by atoms with Gasteiger partial charge < -0.3 is 15.4 Å². The Hall–Kier alpha value is -2.31. The van der Waals surface area contributed by atoms with Crippen LogP contribution in [0.25, 0.3) is 0 Å². The van der Waals surface area contributed by atoms with E-state index >= 15 is 0 Å². The number of hydrogen-bond acceptors (Lipinski definition) is 4. The second kappa shape index (κ2) is 8.36. The Kier molecular flexibility index (Phi) is 6.19. The third-order valence-electron chi connectivity index (χ3n) is 4.21. The minimum atomic E-state index is -0.503. The molecule has 1 aliphatic rings. The average molecular weight is 321 g/mol. The van der Waals surface area contributed by atoms with Crippen molar-refractivity contribution >= 4 is 17.4 Å². The highest BCUT2D eigenvalue weighted by molar-refractivity contribution is 5.91. The number of carbonyl (C=O) groups is 1. The number of nitrogens with one attached hydrogen (secondary N) is 2. The summed E-state index contributed by atoms with van der Waals surface area (Å²) in [5.74, 6) is 0.972. The molecule has 2 N–H and O–H groups in total. The molecule has 1 saturated carbocycles. The fourth-order valence-electron chi connectivity index (χ4n) is 2.93. The summed E-state index contributed by atoms with van der Waals surface area (Å²) in [4.78, 5) is 22.2. The molecule has 1 aromatic carbocycles. The number of urea groups is 1. The summed E-state index contributed by atoms with van der Waals surface area (Å²) in [6.07, 6.45) is 7.39. The molecule has 7 heteroatoms. The van der Waals surface area contributed by atoms with E-state index in [4.69, 9.17) is 4.74 Å². The van der Waals surface area contributed by atoms with Gasteiger partial charge in [0, 0.05) is 12.6 Å². The second-order valence-corrected chi connectivity index (χ2v) is 5.82. The number of nitro groups is 1. The van der Waals surface area contributed by atoms with Crippen molar-refractivity contribution in [2.24, 2.45) is 5.92 Å². The van der Waals surface area contributed by atoms with E-state index in [0.717, 1.165) is 6.42 Å². The number of nitro benzene ring substituents is 1. The smallest absolute Gasteiger partial charge is 0.319 e. The molecule has 0 radical (unpaired) electrons. The van der Waals surface area contributed by atoms with Crippen LogP contribution in [0.2, 0.25) is 0 Å². The van der Waals surface area contributed by atoms with Crippen molar-refractivity contribution in [3.05, 3.63) is 28.3 Å². The SMILES string of the molecule is COc1cc([N+](=O)[O-])ccc1NC(=O)NCCC1CCCCC1. The van der Waals surface area contributed by atoms with Crippen LogP contribution in [0.4, 0.5) is 16.2 Å². The highest BCUT2D eigenvalue weighted by Gasteiger charge is 2.15. The Morgan fingerprint density at radius 1 is 1.35 bits per heavy atom. The summed E-state index contributed by atoms with van der Waals surface area (Å²) in [5.41, 5.74) is 0.332. The highest BCUT2D eigenvalue weighted by Crippen LogP contribution is 2.29. The van der Waals surface area contributed by atoms with Crippen LogP contribution in [0.5, 0.6) is 5.75 Å². The lowest BCUT2D eigenvalue weighted by Crippen LogP contribution is -2.30. The zero-order valence-electron chi connectivity index (χ0n) is 13.3. The maximum absolute atomic E-state index is 11.9. The van der Waals surface area contributed by atoms with Gasteiger partial charge in [-0.15, -0.1) is 0 Å². The molecule has 0 aromatic heterocycles. The van der Waals surface area contributed by atoms with Gasteiger partial charge in [0.25, 0.3) is 5.69 Å². The number of nitrogens with zero attached hydrogens (tertiary/aromatic N) is 1. The van der Waals surface area contributed by atoms with Crippen LogP contribution in [0.15, 0.2) is 18.2 Å². The summed E-state index contributed by atoms with van der Waals surface area (Å²) < 4.78 is 5.09. The predicted molar refractivity (Wildman–Crippen MR) is 87.9 cm³/mol. The molecular formula is C16H23N3O4. The molecule has 2 rings (SSSR count). The number of amides is 2. The third-order valence-corrected chi connectivity index (χ3v) is 4.21. The molecule has 2 amide bonds. The van der Waals surface area contributed by atoms with E-state index in [-0.39, 0.29) is 17.5 Å². The lowest BCUT2D eigenvalue weighted by Gasteiger charge is -2.21. The monoisotopic (exact) mass is 321 g/mol. The van der Waals surface area contributed by atoms with Crippen LogP contribution < -0.4 is 15.4 Å². The minimum Gasteiger partial charge on any atom is -0.494 e. The quantitative estimate of drug-likeness (QED) is 0.617. The first kappa shape index (κ1) is 17.1. The normalized spacial score (nSPS) is 15.0. The molecular weight excluding hydrogens is 298 g/mol. The van der Waals surface area contributed by atoms with Crippen molar-refractivity contribution in [1.82, 2.24) is 5.32 Å². The van der Waals surface area contributed by atoms with Gasteiger partial charge in [-0.25, -0.2) is 4.79 Å². The summed E-state index contributed by atoms with van der Waals surface area (Å²) >= 11 is 0. The number of benzene rings is 1. The fraction of sp³-hybridized carbons (Fsp3) is 0.562. The number of anilines is 1. The molecule has 23 heavy (non-hydrogen) atoms. The molecule has 0 aliphatic heterocycles. The molecule has 7 nitrogen and oxygen atoms in total. The van der Waals surface area contributed by atoms with Gasteiger partial charge in [-0.3, -0.25) is 10.1 Å². The fourth-order valence-corrected chi connectivity index (χ4v) is 2.93. The van der Waals surface area contributed by atoms with Crippen molar-refractivity contribution in [2.45, 2.75) is 38.5 Å². The maximum atomic E-state index is 11.9.